The van der Waals surface area contributed by atoms with E-state index >= 15 is 0 Å². The van der Waals surface area contributed by atoms with Crippen LogP contribution in [0.15, 0.2) is 6.07 Å². The van der Waals surface area contributed by atoms with Gasteiger partial charge in [-0.05, 0) is 38.8 Å². The van der Waals surface area contributed by atoms with Gasteiger partial charge in [-0.1, -0.05) is 6.42 Å². The van der Waals surface area contributed by atoms with Crippen LogP contribution >= 0.6 is 0 Å². The topological polar surface area (TPSA) is 78.3 Å². The predicted molar refractivity (Wildman–Crippen MR) is 77.3 cm³/mol. The number of hydrogen-bond acceptors (Lipinski definition) is 4. The summed E-state index contributed by atoms with van der Waals surface area (Å²) in [5, 5.41) is 6.52. The average Bonchev–Trinajstić information content (AvgIpc) is 2.94. The van der Waals surface area contributed by atoms with Crippen molar-refractivity contribution in [2.24, 2.45) is 0 Å². The summed E-state index contributed by atoms with van der Waals surface area (Å²) in [5.74, 6) is 0.392. The van der Waals surface area contributed by atoms with Gasteiger partial charge in [-0.3, -0.25) is 9.89 Å². The van der Waals surface area contributed by atoms with Crippen LogP contribution in [0.5, 0.6) is 0 Å². The van der Waals surface area contributed by atoms with Crippen molar-refractivity contribution in [2.45, 2.75) is 38.1 Å². The standard InChI is InChI=1S/C14H23N5O/c15-13-10-12(16-17-13)14(20)19-8-4-11(5-9-19)18-6-2-1-3-7-18/h10-11H,1-9H2,(H3,15,16,17). The summed E-state index contributed by atoms with van der Waals surface area (Å²) in [6.07, 6.45) is 6.18. The molecule has 2 aliphatic rings. The van der Waals surface area contributed by atoms with Gasteiger partial charge in [0.1, 0.15) is 11.5 Å². The van der Waals surface area contributed by atoms with Crippen LogP contribution in [0.25, 0.3) is 0 Å². The van der Waals surface area contributed by atoms with Gasteiger partial charge in [0, 0.05) is 25.2 Å². The number of nitrogen functional groups attached to an aromatic ring is 1. The Labute approximate surface area is 119 Å². The Bertz CT molecular complexity index is 458. The highest BCUT2D eigenvalue weighted by atomic mass is 16.2. The van der Waals surface area contributed by atoms with Crippen molar-refractivity contribution < 1.29 is 4.79 Å². The summed E-state index contributed by atoms with van der Waals surface area (Å²) in [7, 11) is 0. The first-order valence-electron chi connectivity index (χ1n) is 7.58. The molecule has 0 spiro atoms. The van der Waals surface area contributed by atoms with E-state index in [1.807, 2.05) is 4.90 Å². The molecular weight excluding hydrogens is 254 g/mol. The number of H-pyrrole nitrogens is 1. The van der Waals surface area contributed by atoms with Gasteiger partial charge >= 0.3 is 0 Å². The molecule has 0 aromatic carbocycles. The number of anilines is 1. The van der Waals surface area contributed by atoms with Gasteiger partial charge in [0.15, 0.2) is 0 Å². The Morgan fingerprint density at radius 3 is 2.50 bits per heavy atom. The Morgan fingerprint density at radius 1 is 1.20 bits per heavy atom. The van der Waals surface area contributed by atoms with Gasteiger partial charge in [0.2, 0.25) is 0 Å². The molecular formula is C14H23N5O. The largest absolute Gasteiger partial charge is 0.382 e. The Balaban J connectivity index is 1.54. The molecule has 2 fully saturated rings. The zero-order chi connectivity index (χ0) is 13.9. The van der Waals surface area contributed by atoms with Crippen molar-refractivity contribution in [3.8, 4) is 0 Å². The summed E-state index contributed by atoms with van der Waals surface area (Å²) < 4.78 is 0. The molecule has 0 aliphatic carbocycles. The number of nitrogens with one attached hydrogen (secondary N) is 1. The first-order valence-corrected chi connectivity index (χ1v) is 7.58. The number of rotatable bonds is 2. The molecule has 6 heteroatoms. The number of aromatic amines is 1. The number of amides is 1. The van der Waals surface area contributed by atoms with Crippen molar-refractivity contribution in [3.05, 3.63) is 11.8 Å². The van der Waals surface area contributed by atoms with Crippen LogP contribution in [0.3, 0.4) is 0 Å². The number of piperidine rings is 2. The van der Waals surface area contributed by atoms with E-state index in [2.05, 4.69) is 15.1 Å². The summed E-state index contributed by atoms with van der Waals surface area (Å²) in [4.78, 5) is 16.8. The maximum Gasteiger partial charge on any atom is 0.271 e. The lowest BCUT2D eigenvalue weighted by Crippen LogP contribution is -2.48. The Kier molecular flexibility index (Phi) is 3.91. The monoisotopic (exact) mass is 277 g/mol. The smallest absolute Gasteiger partial charge is 0.271 e. The molecule has 6 nitrogen and oxygen atoms in total. The third kappa shape index (κ3) is 2.80. The first-order chi connectivity index (χ1) is 9.74. The van der Waals surface area contributed by atoms with E-state index in [1.54, 1.807) is 6.07 Å². The van der Waals surface area contributed by atoms with Crippen molar-refractivity contribution in [2.75, 3.05) is 31.9 Å². The fourth-order valence-electron chi connectivity index (χ4n) is 3.33. The number of carbonyl (C=O) groups is 1. The molecule has 1 aromatic heterocycles. The minimum atomic E-state index is 0.0197. The highest BCUT2D eigenvalue weighted by molar-refractivity contribution is 5.93. The van der Waals surface area contributed by atoms with Crippen LogP contribution in [0.4, 0.5) is 5.82 Å². The molecule has 20 heavy (non-hydrogen) atoms. The number of hydrogen-bond donors (Lipinski definition) is 2. The van der Waals surface area contributed by atoms with Crippen LogP contribution < -0.4 is 5.73 Å². The van der Waals surface area contributed by atoms with E-state index in [4.69, 9.17) is 5.73 Å². The van der Waals surface area contributed by atoms with Gasteiger partial charge in [-0.15, -0.1) is 0 Å². The fraction of sp³-hybridized carbons (Fsp3) is 0.714. The summed E-state index contributed by atoms with van der Waals surface area (Å²) in [6, 6.07) is 2.27. The number of carbonyl (C=O) groups excluding carboxylic acids is 1. The first kappa shape index (κ1) is 13.4. The van der Waals surface area contributed by atoms with Crippen LogP contribution in [0.1, 0.15) is 42.6 Å². The normalized spacial score (nSPS) is 22.1. The van der Waals surface area contributed by atoms with Gasteiger partial charge < -0.3 is 15.5 Å². The average molecular weight is 277 g/mol. The quantitative estimate of drug-likeness (QED) is 0.848. The van der Waals surface area contributed by atoms with Crippen molar-refractivity contribution in [1.82, 2.24) is 20.0 Å². The Hall–Kier alpha value is -1.56. The lowest BCUT2D eigenvalue weighted by molar-refractivity contribution is 0.0585. The molecule has 1 amide bonds. The molecule has 0 saturated carbocycles. The molecule has 1 aromatic rings. The number of nitrogens with zero attached hydrogens (tertiary/aromatic N) is 3. The second-order valence-corrected chi connectivity index (χ2v) is 5.83. The number of aromatic nitrogens is 2. The second kappa shape index (κ2) is 5.83. The van der Waals surface area contributed by atoms with E-state index in [0.29, 0.717) is 17.6 Å². The predicted octanol–water partition coefficient (Wildman–Crippen LogP) is 1.08. The summed E-state index contributed by atoms with van der Waals surface area (Å²) in [6.45, 7) is 4.13. The molecule has 110 valence electrons. The molecule has 3 heterocycles. The van der Waals surface area contributed by atoms with Crippen LogP contribution in [0, 0.1) is 0 Å². The van der Waals surface area contributed by atoms with E-state index < -0.39 is 0 Å². The number of likely N-dealkylation sites (tertiary alicyclic amines) is 2. The minimum absolute atomic E-state index is 0.0197. The third-order valence-corrected chi connectivity index (χ3v) is 4.49. The molecule has 0 bridgehead atoms. The highest BCUT2D eigenvalue weighted by Gasteiger charge is 2.28. The maximum absolute atomic E-state index is 12.3. The van der Waals surface area contributed by atoms with E-state index in [-0.39, 0.29) is 5.91 Å². The molecule has 3 rings (SSSR count). The van der Waals surface area contributed by atoms with Gasteiger partial charge in [0.05, 0.1) is 0 Å². The fourth-order valence-corrected chi connectivity index (χ4v) is 3.33. The van der Waals surface area contributed by atoms with E-state index in [9.17, 15) is 4.79 Å². The molecule has 3 N–H and O–H groups in total. The third-order valence-electron chi connectivity index (χ3n) is 4.49. The molecule has 0 radical (unpaired) electrons. The molecule has 0 atom stereocenters. The van der Waals surface area contributed by atoms with Crippen LogP contribution in [-0.2, 0) is 0 Å². The summed E-state index contributed by atoms with van der Waals surface area (Å²) in [5.41, 5.74) is 6.04. The summed E-state index contributed by atoms with van der Waals surface area (Å²) >= 11 is 0. The molecule has 2 saturated heterocycles. The molecule has 0 unspecified atom stereocenters. The second-order valence-electron chi connectivity index (χ2n) is 5.83. The van der Waals surface area contributed by atoms with Gasteiger partial charge in [0.25, 0.3) is 5.91 Å². The Morgan fingerprint density at radius 2 is 1.90 bits per heavy atom. The van der Waals surface area contributed by atoms with E-state index in [0.717, 1.165) is 25.9 Å². The molecule has 2 aliphatic heterocycles. The van der Waals surface area contributed by atoms with Crippen molar-refractivity contribution in [1.29, 1.82) is 0 Å². The number of nitrogens with two attached hydrogens (primary N) is 1. The van der Waals surface area contributed by atoms with Crippen molar-refractivity contribution in [3.63, 3.8) is 0 Å². The van der Waals surface area contributed by atoms with Crippen molar-refractivity contribution >= 4 is 11.7 Å². The zero-order valence-electron chi connectivity index (χ0n) is 11.8. The SMILES string of the molecule is Nc1cc(C(=O)N2CCC(N3CCCCC3)CC2)[nH]n1. The van der Waals surface area contributed by atoms with E-state index in [1.165, 1.54) is 32.4 Å². The van der Waals surface area contributed by atoms with Crippen LogP contribution in [-0.4, -0.2) is 58.1 Å². The van der Waals surface area contributed by atoms with Gasteiger partial charge in [-0.2, -0.15) is 5.10 Å². The lowest BCUT2D eigenvalue weighted by Gasteiger charge is -2.40. The lowest BCUT2D eigenvalue weighted by atomic mass is 10.00. The highest BCUT2D eigenvalue weighted by Crippen LogP contribution is 2.21. The maximum atomic E-state index is 12.3. The van der Waals surface area contributed by atoms with Gasteiger partial charge in [-0.25, -0.2) is 0 Å². The van der Waals surface area contributed by atoms with Crippen LogP contribution in [0.2, 0.25) is 0 Å². The zero-order valence-corrected chi connectivity index (χ0v) is 11.8. The minimum Gasteiger partial charge on any atom is -0.382 e.